The maximum absolute atomic E-state index is 11.9. The molecule has 0 saturated heterocycles. The molecular formula is C9H17F3N2O2S. The zero-order valence-corrected chi connectivity index (χ0v) is 10.2. The van der Waals surface area contributed by atoms with Crippen LogP contribution in [-0.2, 0) is 10.0 Å². The summed E-state index contributed by atoms with van der Waals surface area (Å²) in [5.41, 5.74) is 4.85. The average molecular weight is 274 g/mol. The largest absolute Gasteiger partial charge is 0.389 e. The van der Waals surface area contributed by atoms with Crippen molar-refractivity contribution < 1.29 is 21.6 Å². The maximum Gasteiger partial charge on any atom is 0.389 e. The van der Waals surface area contributed by atoms with E-state index in [2.05, 4.69) is 4.72 Å². The Labute approximate surface area is 98.8 Å². The van der Waals surface area contributed by atoms with Gasteiger partial charge in [-0.05, 0) is 25.7 Å². The summed E-state index contributed by atoms with van der Waals surface area (Å²) in [6.45, 7) is 0.186. The van der Waals surface area contributed by atoms with Crippen LogP contribution >= 0.6 is 0 Å². The van der Waals surface area contributed by atoms with E-state index in [1.807, 2.05) is 0 Å². The van der Waals surface area contributed by atoms with Crippen LogP contribution in [0.2, 0.25) is 0 Å². The van der Waals surface area contributed by atoms with E-state index < -0.39 is 40.3 Å². The third-order valence-corrected chi connectivity index (χ3v) is 4.52. The molecule has 1 rings (SSSR count). The van der Waals surface area contributed by atoms with E-state index in [1.165, 1.54) is 0 Å². The minimum atomic E-state index is -4.31. The van der Waals surface area contributed by atoms with Gasteiger partial charge in [0, 0.05) is 18.5 Å². The molecule has 0 spiro atoms. The molecule has 0 aromatic rings. The first-order chi connectivity index (χ1) is 7.68. The van der Waals surface area contributed by atoms with E-state index in [4.69, 9.17) is 5.73 Å². The second-order valence-corrected chi connectivity index (χ2v) is 6.32. The van der Waals surface area contributed by atoms with Crippen molar-refractivity contribution in [2.75, 3.05) is 12.3 Å². The van der Waals surface area contributed by atoms with Crippen LogP contribution in [-0.4, -0.2) is 32.4 Å². The Bertz CT molecular complexity index is 344. The summed E-state index contributed by atoms with van der Waals surface area (Å²) in [5, 5.41) is 0. The Morgan fingerprint density at radius 1 is 1.29 bits per heavy atom. The molecule has 0 aromatic carbocycles. The van der Waals surface area contributed by atoms with E-state index in [1.54, 1.807) is 0 Å². The molecule has 1 aliphatic carbocycles. The lowest BCUT2D eigenvalue weighted by molar-refractivity contribution is -0.134. The Kier molecular flexibility index (Phi) is 4.43. The van der Waals surface area contributed by atoms with Crippen molar-refractivity contribution in [3.05, 3.63) is 0 Å². The van der Waals surface area contributed by atoms with Gasteiger partial charge in [-0.15, -0.1) is 0 Å². The van der Waals surface area contributed by atoms with Crippen LogP contribution in [0.1, 0.15) is 32.1 Å². The normalized spacial score (nSPS) is 20.0. The van der Waals surface area contributed by atoms with Crippen molar-refractivity contribution in [3.8, 4) is 0 Å². The number of nitrogens with one attached hydrogen (secondary N) is 1. The van der Waals surface area contributed by atoms with E-state index in [-0.39, 0.29) is 6.54 Å². The molecule has 0 aromatic heterocycles. The predicted molar refractivity (Wildman–Crippen MR) is 57.8 cm³/mol. The van der Waals surface area contributed by atoms with E-state index >= 15 is 0 Å². The predicted octanol–water partition coefficient (Wildman–Crippen LogP) is 1.13. The quantitative estimate of drug-likeness (QED) is 0.762. The fourth-order valence-electron chi connectivity index (χ4n) is 1.79. The van der Waals surface area contributed by atoms with Gasteiger partial charge in [0.15, 0.2) is 0 Å². The molecular weight excluding hydrogens is 257 g/mol. The highest BCUT2D eigenvalue weighted by Gasteiger charge is 2.39. The van der Waals surface area contributed by atoms with Gasteiger partial charge in [0.2, 0.25) is 10.0 Å². The number of alkyl halides is 3. The highest BCUT2D eigenvalue weighted by Crippen LogP contribution is 2.31. The number of halogens is 3. The highest BCUT2D eigenvalue weighted by molar-refractivity contribution is 7.89. The Morgan fingerprint density at radius 3 is 2.24 bits per heavy atom. The van der Waals surface area contributed by atoms with Gasteiger partial charge in [0.1, 0.15) is 0 Å². The smallest absolute Gasteiger partial charge is 0.329 e. The number of sulfonamides is 1. The van der Waals surface area contributed by atoms with Crippen LogP contribution < -0.4 is 10.5 Å². The third kappa shape index (κ3) is 4.81. The molecule has 4 nitrogen and oxygen atoms in total. The molecule has 0 amide bonds. The van der Waals surface area contributed by atoms with Gasteiger partial charge in [-0.25, -0.2) is 13.1 Å². The Hall–Kier alpha value is -0.340. The molecule has 0 unspecified atom stereocenters. The zero-order chi connectivity index (χ0) is 13.2. The second-order valence-electron chi connectivity index (χ2n) is 4.48. The van der Waals surface area contributed by atoms with Crippen molar-refractivity contribution in [2.45, 2.75) is 43.8 Å². The molecule has 1 fully saturated rings. The number of hydrogen-bond donors (Lipinski definition) is 2. The van der Waals surface area contributed by atoms with Gasteiger partial charge >= 0.3 is 6.18 Å². The van der Waals surface area contributed by atoms with E-state index in [0.717, 1.165) is 6.42 Å². The van der Waals surface area contributed by atoms with Gasteiger partial charge in [-0.3, -0.25) is 0 Å². The van der Waals surface area contributed by atoms with Crippen LogP contribution in [0.4, 0.5) is 13.2 Å². The lowest BCUT2D eigenvalue weighted by Crippen LogP contribution is -2.58. The average Bonchev–Trinajstić information content (AvgIpc) is 2.09. The molecule has 0 atom stereocenters. The lowest BCUT2D eigenvalue weighted by Gasteiger charge is -2.41. The van der Waals surface area contributed by atoms with Crippen LogP contribution in [0.3, 0.4) is 0 Å². The van der Waals surface area contributed by atoms with Crippen molar-refractivity contribution in [2.24, 2.45) is 5.73 Å². The van der Waals surface area contributed by atoms with Gasteiger partial charge < -0.3 is 5.73 Å². The summed E-state index contributed by atoms with van der Waals surface area (Å²) < 4.78 is 61.2. The number of nitrogens with two attached hydrogens (primary N) is 1. The van der Waals surface area contributed by atoms with Crippen LogP contribution in [0.5, 0.6) is 0 Å². The highest BCUT2D eigenvalue weighted by atomic mass is 32.2. The van der Waals surface area contributed by atoms with Crippen molar-refractivity contribution in [1.29, 1.82) is 0 Å². The first-order valence-corrected chi connectivity index (χ1v) is 7.12. The molecule has 3 N–H and O–H groups in total. The molecule has 17 heavy (non-hydrogen) atoms. The maximum atomic E-state index is 11.9. The summed E-state index contributed by atoms with van der Waals surface area (Å²) in [5.74, 6) is -0.506. The summed E-state index contributed by atoms with van der Waals surface area (Å²) >= 11 is 0. The molecule has 0 heterocycles. The summed E-state index contributed by atoms with van der Waals surface area (Å²) in [6, 6.07) is 0. The molecule has 1 aliphatic rings. The molecule has 1 saturated carbocycles. The van der Waals surface area contributed by atoms with Crippen LogP contribution in [0.25, 0.3) is 0 Å². The zero-order valence-electron chi connectivity index (χ0n) is 9.39. The number of rotatable bonds is 6. The molecule has 0 radical (unpaired) electrons. The Balaban J connectivity index is 2.41. The summed E-state index contributed by atoms with van der Waals surface area (Å²) in [4.78, 5) is 0. The van der Waals surface area contributed by atoms with Crippen molar-refractivity contribution in [3.63, 3.8) is 0 Å². The molecule has 8 heteroatoms. The molecule has 102 valence electrons. The van der Waals surface area contributed by atoms with E-state index in [9.17, 15) is 21.6 Å². The van der Waals surface area contributed by atoms with Crippen molar-refractivity contribution in [1.82, 2.24) is 4.72 Å². The monoisotopic (exact) mass is 274 g/mol. The molecule has 0 bridgehead atoms. The first-order valence-electron chi connectivity index (χ1n) is 5.47. The standard InChI is InChI=1S/C9H17F3N2O2S/c10-9(11,12)5-2-6-17(15,16)14-8(7-13)3-1-4-8/h14H,1-7,13H2. The fraction of sp³-hybridized carbons (Fsp3) is 1.00. The second kappa shape index (κ2) is 5.11. The van der Waals surface area contributed by atoms with Gasteiger partial charge in [0.05, 0.1) is 5.75 Å². The summed E-state index contributed by atoms with van der Waals surface area (Å²) in [6.07, 6.45) is -3.60. The van der Waals surface area contributed by atoms with Gasteiger partial charge in [0.25, 0.3) is 0 Å². The SMILES string of the molecule is NCC1(NS(=O)(=O)CCCC(F)(F)F)CCC1. The Morgan fingerprint density at radius 2 is 1.88 bits per heavy atom. The van der Waals surface area contributed by atoms with E-state index in [0.29, 0.717) is 12.8 Å². The summed E-state index contributed by atoms with van der Waals surface area (Å²) in [7, 11) is -3.66. The minimum Gasteiger partial charge on any atom is -0.329 e. The minimum absolute atomic E-state index is 0.186. The first kappa shape index (κ1) is 14.7. The lowest BCUT2D eigenvalue weighted by atomic mass is 9.78. The third-order valence-electron chi connectivity index (χ3n) is 2.95. The van der Waals surface area contributed by atoms with Gasteiger partial charge in [-0.1, -0.05) is 0 Å². The van der Waals surface area contributed by atoms with Gasteiger partial charge in [-0.2, -0.15) is 13.2 Å². The van der Waals surface area contributed by atoms with Crippen molar-refractivity contribution >= 4 is 10.0 Å². The number of hydrogen-bond acceptors (Lipinski definition) is 3. The topological polar surface area (TPSA) is 72.2 Å². The van der Waals surface area contributed by atoms with Crippen LogP contribution in [0.15, 0.2) is 0 Å². The molecule has 0 aliphatic heterocycles. The fourth-order valence-corrected chi connectivity index (χ4v) is 3.37. The van der Waals surface area contributed by atoms with Crippen LogP contribution in [0, 0.1) is 0 Å².